The number of fused-ring (bicyclic) bond motifs is 1. The van der Waals surface area contributed by atoms with Gasteiger partial charge in [-0.1, -0.05) is 13.8 Å². The van der Waals surface area contributed by atoms with Gasteiger partial charge >= 0.3 is 6.09 Å². The van der Waals surface area contributed by atoms with Gasteiger partial charge in [-0.15, -0.1) is 0 Å². The molecule has 1 saturated carbocycles. The number of rotatable bonds is 12. The largest absolute Gasteiger partial charge is 0.482 e. The van der Waals surface area contributed by atoms with Gasteiger partial charge in [0.25, 0.3) is 5.91 Å². The molecule has 2 fully saturated rings. The lowest BCUT2D eigenvalue weighted by molar-refractivity contribution is -0.131. The molecule has 0 spiro atoms. The Kier molecular flexibility index (Phi) is 11.4. The number of nitrogens with one attached hydrogen (secondary N) is 1. The normalized spacial score (nSPS) is 20.8. The molecule has 1 aromatic carbocycles. The van der Waals surface area contributed by atoms with E-state index in [0.29, 0.717) is 43.1 Å². The van der Waals surface area contributed by atoms with E-state index in [2.05, 4.69) is 5.32 Å². The number of benzene rings is 1. The molecule has 4 rings (SSSR count). The fourth-order valence-electron chi connectivity index (χ4n) is 6.01. The third-order valence-electron chi connectivity index (χ3n) is 8.19. The lowest BCUT2D eigenvalue weighted by atomic mass is 9.87. The van der Waals surface area contributed by atoms with E-state index < -0.39 is 29.6 Å². The van der Waals surface area contributed by atoms with Gasteiger partial charge in [0, 0.05) is 45.1 Å². The van der Waals surface area contributed by atoms with Crippen LogP contribution < -0.4 is 19.9 Å². The Morgan fingerprint density at radius 1 is 1.16 bits per heavy atom. The van der Waals surface area contributed by atoms with Crippen molar-refractivity contribution in [3.8, 4) is 5.75 Å². The Morgan fingerprint density at radius 3 is 2.49 bits per heavy atom. The van der Waals surface area contributed by atoms with Crippen molar-refractivity contribution < 1.29 is 38.5 Å². The minimum absolute atomic E-state index is 0.0216. The topological polar surface area (TPSA) is 138 Å². The van der Waals surface area contributed by atoms with Crippen LogP contribution in [0.4, 0.5) is 16.2 Å². The third kappa shape index (κ3) is 9.09. The Bertz CT molecular complexity index is 1230. The number of hydrogen-bond acceptors (Lipinski definition) is 8. The van der Waals surface area contributed by atoms with Crippen molar-refractivity contribution in [2.24, 2.45) is 17.8 Å². The van der Waals surface area contributed by atoms with Crippen molar-refractivity contribution >= 4 is 35.2 Å². The molecule has 0 aromatic heterocycles. The van der Waals surface area contributed by atoms with Crippen LogP contribution in [0.5, 0.6) is 5.75 Å². The van der Waals surface area contributed by atoms with Gasteiger partial charge in [0.15, 0.2) is 6.61 Å². The number of aliphatic hydroxyl groups is 1. The lowest BCUT2D eigenvalue weighted by Crippen LogP contribution is -2.55. The maximum Gasteiger partial charge on any atom is 0.410 e. The predicted octanol–water partition coefficient (Wildman–Crippen LogP) is 3.34. The standard InChI is InChI=1S/C33H50N4O8/c1-21(2)14-24(19-38)34-30(40)22-15-23(18-35(17-22)32(42)45-33(3,4)5)31(41)37(25-8-9-25)26-10-11-28-27(16-26)36(12-7-13-43-6)29(39)20-44-28/h10-11,16,21-25,38H,7-9,12-15,17-20H2,1-6H3,(H,34,40)/t22-,23+,24?/m0/s1. The van der Waals surface area contributed by atoms with Crippen LogP contribution >= 0.6 is 0 Å². The first-order valence-electron chi connectivity index (χ1n) is 16.1. The number of ether oxygens (including phenoxy) is 3. The number of methoxy groups -OCH3 is 1. The number of aliphatic hydroxyl groups excluding tert-OH is 1. The van der Waals surface area contributed by atoms with E-state index in [1.807, 2.05) is 26.0 Å². The Morgan fingerprint density at radius 2 is 1.87 bits per heavy atom. The maximum atomic E-state index is 14.4. The highest BCUT2D eigenvalue weighted by Crippen LogP contribution is 2.41. The van der Waals surface area contributed by atoms with E-state index in [0.717, 1.165) is 12.8 Å². The molecule has 0 radical (unpaired) electrons. The van der Waals surface area contributed by atoms with Crippen LogP contribution in [0, 0.1) is 17.8 Å². The summed E-state index contributed by atoms with van der Waals surface area (Å²) in [5.41, 5.74) is 0.502. The summed E-state index contributed by atoms with van der Waals surface area (Å²) in [7, 11) is 1.62. The monoisotopic (exact) mass is 630 g/mol. The second-order valence-electron chi connectivity index (χ2n) is 13.8. The van der Waals surface area contributed by atoms with E-state index in [4.69, 9.17) is 14.2 Å². The van der Waals surface area contributed by atoms with Gasteiger partial charge < -0.3 is 39.3 Å². The molecule has 1 aliphatic carbocycles. The molecular weight excluding hydrogens is 580 g/mol. The molecule has 1 unspecified atom stereocenters. The summed E-state index contributed by atoms with van der Waals surface area (Å²) in [6.07, 6.45) is 2.59. The number of hydrogen-bond donors (Lipinski definition) is 2. The van der Waals surface area contributed by atoms with E-state index >= 15 is 0 Å². The predicted molar refractivity (Wildman–Crippen MR) is 169 cm³/mol. The molecule has 250 valence electrons. The molecule has 3 atom stereocenters. The van der Waals surface area contributed by atoms with Gasteiger partial charge in [-0.2, -0.15) is 0 Å². The zero-order valence-electron chi connectivity index (χ0n) is 27.5. The number of likely N-dealkylation sites (tertiary alicyclic amines) is 1. The number of carbonyl (C=O) groups excluding carboxylic acids is 4. The molecule has 4 amide bonds. The highest BCUT2D eigenvalue weighted by molar-refractivity contribution is 6.01. The first-order chi connectivity index (χ1) is 21.3. The Hall–Kier alpha value is -3.38. The summed E-state index contributed by atoms with van der Waals surface area (Å²) in [6, 6.07) is 5.00. The second-order valence-corrected chi connectivity index (χ2v) is 13.8. The smallest absolute Gasteiger partial charge is 0.410 e. The van der Waals surface area contributed by atoms with Crippen molar-refractivity contribution in [3.63, 3.8) is 0 Å². The summed E-state index contributed by atoms with van der Waals surface area (Å²) in [5.74, 6) is -1.12. The quantitative estimate of drug-likeness (QED) is 0.336. The van der Waals surface area contributed by atoms with Crippen molar-refractivity contribution in [2.45, 2.75) is 84.4 Å². The van der Waals surface area contributed by atoms with Crippen LogP contribution in [0.2, 0.25) is 0 Å². The Labute approximate surface area is 266 Å². The van der Waals surface area contributed by atoms with Crippen LogP contribution in [0.1, 0.15) is 66.7 Å². The van der Waals surface area contributed by atoms with Gasteiger partial charge in [0.1, 0.15) is 11.4 Å². The highest BCUT2D eigenvalue weighted by Gasteiger charge is 2.44. The number of piperidine rings is 1. The fraction of sp³-hybridized carbons (Fsp3) is 0.697. The van der Waals surface area contributed by atoms with Crippen molar-refractivity contribution in [1.29, 1.82) is 0 Å². The maximum absolute atomic E-state index is 14.4. The van der Waals surface area contributed by atoms with Crippen LogP contribution in [0.15, 0.2) is 18.2 Å². The summed E-state index contributed by atoms with van der Waals surface area (Å²) >= 11 is 0. The van der Waals surface area contributed by atoms with Gasteiger partial charge in [-0.05, 0) is 77.0 Å². The first-order valence-corrected chi connectivity index (χ1v) is 16.1. The number of anilines is 2. The van der Waals surface area contributed by atoms with E-state index in [1.54, 1.807) is 43.7 Å². The summed E-state index contributed by atoms with van der Waals surface area (Å²) < 4.78 is 16.5. The highest BCUT2D eigenvalue weighted by atomic mass is 16.6. The van der Waals surface area contributed by atoms with Crippen molar-refractivity contribution in [2.75, 3.05) is 56.4 Å². The van der Waals surface area contributed by atoms with Gasteiger partial charge in [0.05, 0.1) is 30.2 Å². The molecule has 2 aliphatic heterocycles. The van der Waals surface area contributed by atoms with Crippen molar-refractivity contribution in [1.82, 2.24) is 10.2 Å². The average molecular weight is 631 g/mol. The van der Waals surface area contributed by atoms with Crippen molar-refractivity contribution in [3.05, 3.63) is 18.2 Å². The van der Waals surface area contributed by atoms with E-state index in [9.17, 15) is 24.3 Å². The molecule has 45 heavy (non-hydrogen) atoms. The third-order valence-corrected chi connectivity index (χ3v) is 8.19. The molecule has 1 saturated heterocycles. The lowest BCUT2D eigenvalue weighted by Gasteiger charge is -2.39. The SMILES string of the molecule is COCCCN1C(=O)COc2ccc(N(C(=O)[C@@H]3C[C@H](C(=O)NC(CO)CC(C)C)CN(C(=O)OC(C)(C)C)C3)C3CC3)cc21. The zero-order chi connectivity index (χ0) is 32.9. The van der Waals surface area contributed by atoms with Crippen LogP contribution in [0.3, 0.4) is 0 Å². The van der Waals surface area contributed by atoms with Crippen LogP contribution in [-0.2, 0) is 23.9 Å². The fourth-order valence-corrected chi connectivity index (χ4v) is 6.01. The number of carbonyl (C=O) groups is 4. The first kappa shape index (κ1) is 34.5. The summed E-state index contributed by atoms with van der Waals surface area (Å²) in [6.45, 7) is 10.3. The molecule has 0 bridgehead atoms. The number of nitrogens with zero attached hydrogens (tertiary/aromatic N) is 3. The molecule has 2 heterocycles. The average Bonchev–Trinajstić information content (AvgIpc) is 3.82. The van der Waals surface area contributed by atoms with Gasteiger partial charge in [0.2, 0.25) is 11.8 Å². The van der Waals surface area contributed by atoms with Crippen LogP contribution in [0.25, 0.3) is 0 Å². The molecule has 12 heteroatoms. The van der Waals surface area contributed by atoms with E-state index in [1.165, 1.54) is 4.90 Å². The minimum Gasteiger partial charge on any atom is -0.482 e. The Balaban J connectivity index is 1.61. The molecule has 2 N–H and O–H groups in total. The molecular formula is C33H50N4O8. The summed E-state index contributed by atoms with van der Waals surface area (Å²) in [4.78, 5) is 58.8. The van der Waals surface area contributed by atoms with Crippen LogP contribution in [-0.4, -0.2) is 98.1 Å². The molecule has 1 aromatic rings. The molecule has 3 aliphatic rings. The second kappa shape index (κ2) is 14.8. The van der Waals surface area contributed by atoms with Gasteiger partial charge in [-0.25, -0.2) is 4.79 Å². The minimum atomic E-state index is -0.747. The molecule has 12 nitrogen and oxygen atoms in total. The van der Waals surface area contributed by atoms with Gasteiger partial charge in [-0.3, -0.25) is 14.4 Å². The zero-order valence-corrected chi connectivity index (χ0v) is 27.5. The summed E-state index contributed by atoms with van der Waals surface area (Å²) in [5, 5.41) is 12.8. The van der Waals surface area contributed by atoms with E-state index in [-0.39, 0.29) is 62.4 Å². The number of amides is 4.